The SMILES string of the molecule is COc1cc(C(=O)c2cc(-c3ccc(N)cc3)cn2-c2ccccc2)cc(OC)c1OC. The third-order valence-electron chi connectivity index (χ3n) is 5.26. The standard InChI is InChI=1S/C26H24N2O4/c1-30-23-14-18(15-24(31-2)26(23)32-3)25(29)22-13-19(17-9-11-20(27)12-10-17)16-28(22)21-7-5-4-6-8-21/h4-16H,27H2,1-3H3. The molecule has 0 fully saturated rings. The Morgan fingerprint density at radius 2 is 1.41 bits per heavy atom. The lowest BCUT2D eigenvalue weighted by Gasteiger charge is -2.14. The zero-order chi connectivity index (χ0) is 22.7. The van der Waals surface area contributed by atoms with Gasteiger partial charge in [-0.1, -0.05) is 30.3 Å². The van der Waals surface area contributed by atoms with Gasteiger partial charge in [-0.2, -0.15) is 0 Å². The summed E-state index contributed by atoms with van der Waals surface area (Å²) in [6.07, 6.45) is 1.95. The van der Waals surface area contributed by atoms with Gasteiger partial charge in [-0.25, -0.2) is 0 Å². The highest BCUT2D eigenvalue weighted by atomic mass is 16.5. The van der Waals surface area contributed by atoms with Crippen molar-refractivity contribution >= 4 is 11.5 Å². The Kier molecular flexibility index (Phi) is 5.85. The number of aromatic nitrogens is 1. The topological polar surface area (TPSA) is 75.7 Å². The number of anilines is 1. The normalized spacial score (nSPS) is 10.6. The number of nitrogens with zero attached hydrogens (tertiary/aromatic N) is 1. The van der Waals surface area contributed by atoms with Crippen molar-refractivity contribution in [3.63, 3.8) is 0 Å². The average Bonchev–Trinajstić information content (AvgIpc) is 3.29. The van der Waals surface area contributed by atoms with Gasteiger partial charge in [0.25, 0.3) is 0 Å². The smallest absolute Gasteiger partial charge is 0.210 e. The van der Waals surface area contributed by atoms with Gasteiger partial charge in [0.15, 0.2) is 11.5 Å². The number of methoxy groups -OCH3 is 3. The molecule has 0 saturated carbocycles. The van der Waals surface area contributed by atoms with Crippen molar-refractivity contribution in [3.05, 3.63) is 90.3 Å². The maximum atomic E-state index is 13.7. The molecule has 0 spiro atoms. The van der Waals surface area contributed by atoms with E-state index in [4.69, 9.17) is 19.9 Å². The number of nitrogen functional groups attached to an aromatic ring is 1. The van der Waals surface area contributed by atoms with E-state index in [0.717, 1.165) is 16.8 Å². The first-order valence-corrected chi connectivity index (χ1v) is 10.0. The molecule has 4 rings (SSSR count). The second kappa shape index (κ2) is 8.89. The van der Waals surface area contributed by atoms with E-state index in [1.807, 2.05) is 71.4 Å². The molecular weight excluding hydrogens is 404 g/mol. The summed E-state index contributed by atoms with van der Waals surface area (Å²) >= 11 is 0. The zero-order valence-corrected chi connectivity index (χ0v) is 18.2. The molecule has 3 aromatic carbocycles. The number of carbonyl (C=O) groups is 1. The van der Waals surface area contributed by atoms with Crippen LogP contribution in [0, 0.1) is 0 Å². The molecule has 32 heavy (non-hydrogen) atoms. The molecule has 0 unspecified atom stereocenters. The van der Waals surface area contributed by atoms with Crippen LogP contribution in [0.2, 0.25) is 0 Å². The summed E-state index contributed by atoms with van der Waals surface area (Å²) in [6.45, 7) is 0. The molecule has 1 aromatic heterocycles. The van der Waals surface area contributed by atoms with Gasteiger partial charge < -0.3 is 24.5 Å². The average molecular weight is 428 g/mol. The van der Waals surface area contributed by atoms with Crippen LogP contribution in [0.3, 0.4) is 0 Å². The number of hydrogen-bond donors (Lipinski definition) is 1. The number of rotatable bonds is 7. The summed E-state index contributed by atoms with van der Waals surface area (Å²) < 4.78 is 18.1. The summed E-state index contributed by atoms with van der Waals surface area (Å²) in [5.41, 5.74) is 10.2. The van der Waals surface area contributed by atoms with Crippen LogP contribution in [-0.2, 0) is 0 Å². The Bertz CT molecular complexity index is 1220. The van der Waals surface area contributed by atoms with Crippen molar-refractivity contribution in [2.75, 3.05) is 27.1 Å². The first-order chi connectivity index (χ1) is 15.5. The lowest BCUT2D eigenvalue weighted by molar-refractivity contribution is 0.103. The quantitative estimate of drug-likeness (QED) is 0.332. The number of hydrogen-bond acceptors (Lipinski definition) is 5. The molecule has 6 heteroatoms. The Labute approximate surface area is 186 Å². The predicted molar refractivity (Wildman–Crippen MR) is 125 cm³/mol. The van der Waals surface area contributed by atoms with Gasteiger partial charge in [0.05, 0.1) is 27.0 Å². The molecule has 0 aliphatic rings. The lowest BCUT2D eigenvalue weighted by atomic mass is 10.0. The van der Waals surface area contributed by atoms with E-state index in [-0.39, 0.29) is 5.78 Å². The fraction of sp³-hybridized carbons (Fsp3) is 0.115. The summed E-state index contributed by atoms with van der Waals surface area (Å²) in [4.78, 5) is 13.7. The first-order valence-electron chi connectivity index (χ1n) is 10.0. The Hall–Kier alpha value is -4.19. The van der Waals surface area contributed by atoms with Crippen LogP contribution < -0.4 is 19.9 Å². The summed E-state index contributed by atoms with van der Waals surface area (Å²) in [7, 11) is 4.58. The Balaban J connectivity index is 1.87. The fourth-order valence-corrected chi connectivity index (χ4v) is 3.63. The highest BCUT2D eigenvalue weighted by Crippen LogP contribution is 2.39. The summed E-state index contributed by atoms with van der Waals surface area (Å²) in [5.74, 6) is 1.11. The monoisotopic (exact) mass is 428 g/mol. The van der Waals surface area contributed by atoms with Crippen molar-refractivity contribution in [1.29, 1.82) is 0 Å². The summed E-state index contributed by atoms with van der Waals surface area (Å²) in [5, 5.41) is 0. The molecule has 0 aliphatic carbocycles. The Morgan fingerprint density at radius 1 is 0.781 bits per heavy atom. The van der Waals surface area contributed by atoms with E-state index in [9.17, 15) is 4.79 Å². The van der Waals surface area contributed by atoms with Crippen molar-refractivity contribution in [2.45, 2.75) is 0 Å². The predicted octanol–water partition coefficient (Wildman–Crippen LogP) is 4.98. The Morgan fingerprint density at radius 3 is 1.97 bits per heavy atom. The first kappa shape index (κ1) is 21.1. The van der Waals surface area contributed by atoms with Gasteiger partial charge in [0.1, 0.15) is 0 Å². The van der Waals surface area contributed by atoms with Crippen LogP contribution in [0.25, 0.3) is 16.8 Å². The van der Waals surface area contributed by atoms with E-state index in [1.165, 1.54) is 21.3 Å². The maximum Gasteiger partial charge on any atom is 0.210 e. The minimum absolute atomic E-state index is 0.171. The minimum atomic E-state index is -0.171. The van der Waals surface area contributed by atoms with E-state index < -0.39 is 0 Å². The van der Waals surface area contributed by atoms with Gasteiger partial charge >= 0.3 is 0 Å². The lowest BCUT2D eigenvalue weighted by Crippen LogP contribution is -2.09. The summed E-state index contributed by atoms with van der Waals surface area (Å²) in [6, 6.07) is 22.5. The van der Waals surface area contributed by atoms with E-state index in [1.54, 1.807) is 12.1 Å². The molecule has 0 aliphatic heterocycles. The van der Waals surface area contributed by atoms with Crippen LogP contribution in [-0.4, -0.2) is 31.7 Å². The van der Waals surface area contributed by atoms with Gasteiger partial charge in [-0.05, 0) is 48.0 Å². The molecule has 0 saturated heterocycles. The van der Waals surface area contributed by atoms with Crippen molar-refractivity contribution in [2.24, 2.45) is 0 Å². The van der Waals surface area contributed by atoms with E-state index in [2.05, 4.69) is 0 Å². The highest BCUT2D eigenvalue weighted by molar-refractivity contribution is 6.09. The molecule has 0 bridgehead atoms. The molecule has 0 amide bonds. The van der Waals surface area contributed by atoms with E-state index in [0.29, 0.717) is 34.2 Å². The molecule has 0 radical (unpaired) electrons. The largest absolute Gasteiger partial charge is 0.493 e. The number of carbonyl (C=O) groups excluding carboxylic acids is 1. The number of ether oxygens (including phenoxy) is 3. The minimum Gasteiger partial charge on any atom is -0.493 e. The van der Waals surface area contributed by atoms with Crippen LogP contribution in [0.5, 0.6) is 17.2 Å². The number of ketones is 1. The van der Waals surface area contributed by atoms with E-state index >= 15 is 0 Å². The molecule has 0 atom stereocenters. The van der Waals surface area contributed by atoms with Gasteiger partial charge in [0.2, 0.25) is 11.5 Å². The van der Waals surface area contributed by atoms with Crippen LogP contribution >= 0.6 is 0 Å². The second-order valence-corrected chi connectivity index (χ2v) is 7.18. The molecular formula is C26H24N2O4. The fourth-order valence-electron chi connectivity index (χ4n) is 3.63. The van der Waals surface area contributed by atoms with Crippen molar-refractivity contribution < 1.29 is 19.0 Å². The number of para-hydroxylation sites is 1. The third-order valence-corrected chi connectivity index (χ3v) is 5.26. The van der Waals surface area contributed by atoms with Gasteiger partial charge in [0, 0.05) is 28.7 Å². The van der Waals surface area contributed by atoms with Crippen molar-refractivity contribution in [3.8, 4) is 34.1 Å². The molecule has 2 N–H and O–H groups in total. The zero-order valence-electron chi connectivity index (χ0n) is 18.2. The maximum absolute atomic E-state index is 13.7. The highest BCUT2D eigenvalue weighted by Gasteiger charge is 2.22. The van der Waals surface area contributed by atoms with Crippen molar-refractivity contribution in [1.82, 2.24) is 4.57 Å². The van der Waals surface area contributed by atoms with Crippen LogP contribution in [0.1, 0.15) is 16.1 Å². The number of benzene rings is 3. The van der Waals surface area contributed by atoms with Gasteiger partial charge in [-0.15, -0.1) is 0 Å². The van der Waals surface area contributed by atoms with Gasteiger partial charge in [-0.3, -0.25) is 4.79 Å². The molecule has 4 aromatic rings. The van der Waals surface area contributed by atoms with Crippen LogP contribution in [0.4, 0.5) is 5.69 Å². The molecule has 162 valence electrons. The molecule has 1 heterocycles. The molecule has 6 nitrogen and oxygen atoms in total. The third kappa shape index (κ3) is 3.90. The van der Waals surface area contributed by atoms with Crippen LogP contribution in [0.15, 0.2) is 79.0 Å². The second-order valence-electron chi connectivity index (χ2n) is 7.18. The number of nitrogens with two attached hydrogens (primary N) is 1.